The highest BCUT2D eigenvalue weighted by Gasteiger charge is 2.35. The number of urea groups is 1. The minimum Gasteiger partial charge on any atom is -0.384 e. The number of hydrogen-bond acceptors (Lipinski definition) is 8. The number of likely N-dealkylation sites (tertiary alicyclic amines) is 2. The molecule has 6 unspecified atom stereocenters. The SMILES string of the molecule is CC.COCC1CCCN(C(=O)C(NC(=O)C(C)C)C(C)OCc2ccccc2F)C1.COCC1CCCN(C(=O)C(NC(N)=O)C(C)OCc2ccc(Cl)cc2F)C1. The largest absolute Gasteiger partial charge is 0.384 e. The van der Waals surface area contributed by atoms with Gasteiger partial charge >= 0.3 is 6.03 Å². The van der Waals surface area contributed by atoms with E-state index in [1.54, 1.807) is 76.0 Å². The molecule has 0 aliphatic carbocycles. The predicted octanol–water partition coefficient (Wildman–Crippen LogP) is 6.09. The van der Waals surface area contributed by atoms with E-state index in [-0.39, 0.29) is 59.5 Å². The second-order valence-corrected chi connectivity index (χ2v) is 15.4. The zero-order valence-electron chi connectivity index (χ0n) is 35.9. The second kappa shape index (κ2) is 27.1. The molecule has 0 radical (unpaired) electrons. The van der Waals surface area contributed by atoms with Gasteiger partial charge in [0.25, 0.3) is 0 Å². The van der Waals surface area contributed by atoms with E-state index in [0.717, 1.165) is 25.7 Å². The van der Waals surface area contributed by atoms with Crippen LogP contribution in [0.2, 0.25) is 5.02 Å². The highest BCUT2D eigenvalue weighted by molar-refractivity contribution is 6.30. The summed E-state index contributed by atoms with van der Waals surface area (Å²) >= 11 is 5.75. The zero-order valence-corrected chi connectivity index (χ0v) is 36.7. The number of hydrogen-bond donors (Lipinski definition) is 3. The van der Waals surface area contributed by atoms with Crippen LogP contribution in [0, 0.1) is 29.4 Å². The van der Waals surface area contributed by atoms with Crippen molar-refractivity contribution in [1.29, 1.82) is 0 Å². The van der Waals surface area contributed by atoms with Crippen molar-refractivity contribution in [2.45, 2.75) is 105 Å². The lowest BCUT2D eigenvalue weighted by Gasteiger charge is -2.36. The molecule has 2 heterocycles. The van der Waals surface area contributed by atoms with Crippen LogP contribution in [-0.2, 0) is 46.5 Å². The maximum atomic E-state index is 13.9. The molecule has 0 spiro atoms. The Balaban J connectivity index is 0.000000391. The summed E-state index contributed by atoms with van der Waals surface area (Å²) in [7, 11) is 3.29. The summed E-state index contributed by atoms with van der Waals surface area (Å²) in [6.45, 7) is 14.4. The maximum Gasteiger partial charge on any atom is 0.312 e. The number of benzene rings is 2. The lowest BCUT2D eigenvalue weighted by atomic mass is 9.97. The summed E-state index contributed by atoms with van der Waals surface area (Å²) in [5.41, 5.74) is 5.97. The summed E-state index contributed by atoms with van der Waals surface area (Å²) in [4.78, 5) is 53.5. The Labute approximate surface area is 353 Å². The van der Waals surface area contributed by atoms with E-state index in [0.29, 0.717) is 50.5 Å². The average molecular weight is 854 g/mol. The van der Waals surface area contributed by atoms with Gasteiger partial charge in [-0.15, -0.1) is 0 Å². The minimum atomic E-state index is -0.964. The van der Waals surface area contributed by atoms with Gasteiger partial charge in [0.2, 0.25) is 17.7 Å². The summed E-state index contributed by atoms with van der Waals surface area (Å²) in [6.07, 6.45) is 2.43. The molecule has 0 bridgehead atoms. The van der Waals surface area contributed by atoms with E-state index in [9.17, 15) is 28.0 Å². The van der Waals surface area contributed by atoms with Crippen molar-refractivity contribution in [2.24, 2.45) is 23.5 Å². The van der Waals surface area contributed by atoms with E-state index >= 15 is 0 Å². The number of carbonyl (C=O) groups excluding carboxylic acids is 4. The number of nitrogens with zero attached hydrogens (tertiary/aromatic N) is 2. The Kier molecular flexibility index (Phi) is 23.5. The van der Waals surface area contributed by atoms with Crippen LogP contribution in [-0.4, -0.2) is 111 Å². The lowest BCUT2D eigenvalue weighted by Crippen LogP contribution is -2.57. The first-order chi connectivity index (χ1) is 28.1. The molecule has 2 aromatic rings. The fourth-order valence-corrected chi connectivity index (χ4v) is 6.95. The Morgan fingerprint density at radius 3 is 1.68 bits per heavy atom. The number of ether oxygens (including phenoxy) is 4. The molecule has 0 saturated carbocycles. The van der Waals surface area contributed by atoms with E-state index in [2.05, 4.69) is 10.6 Å². The number of amides is 5. The van der Waals surface area contributed by atoms with Crippen molar-refractivity contribution < 1.29 is 46.9 Å². The van der Waals surface area contributed by atoms with Crippen LogP contribution in [0.25, 0.3) is 0 Å². The highest BCUT2D eigenvalue weighted by atomic mass is 35.5. The molecule has 2 fully saturated rings. The first-order valence-corrected chi connectivity index (χ1v) is 20.8. The topological polar surface area (TPSA) is 162 Å². The fraction of sp³-hybridized carbons (Fsp3) is 0.628. The molecule has 2 aliphatic heterocycles. The normalized spacial score (nSPS) is 18.6. The molecule has 2 aromatic carbocycles. The number of rotatable bonds is 17. The van der Waals surface area contributed by atoms with Crippen LogP contribution in [0.15, 0.2) is 42.5 Å². The minimum absolute atomic E-state index is 0.0292. The van der Waals surface area contributed by atoms with Crippen LogP contribution >= 0.6 is 11.6 Å². The van der Waals surface area contributed by atoms with Crippen molar-refractivity contribution in [3.63, 3.8) is 0 Å². The van der Waals surface area contributed by atoms with E-state index in [1.165, 1.54) is 18.2 Å². The summed E-state index contributed by atoms with van der Waals surface area (Å²) in [5, 5.41) is 5.58. The molecule has 2 saturated heterocycles. The number of piperidine rings is 2. The monoisotopic (exact) mass is 853 g/mol. The van der Waals surface area contributed by atoms with Gasteiger partial charge in [-0.2, -0.15) is 0 Å². The third kappa shape index (κ3) is 17.3. The molecule has 2 aliphatic rings. The smallest absolute Gasteiger partial charge is 0.312 e. The van der Waals surface area contributed by atoms with Crippen molar-refractivity contribution in [3.05, 3.63) is 70.2 Å². The van der Waals surface area contributed by atoms with Crippen LogP contribution in [0.1, 0.15) is 78.4 Å². The number of nitrogens with two attached hydrogens (primary N) is 1. The van der Waals surface area contributed by atoms with Gasteiger partial charge in [0.15, 0.2) is 0 Å². The number of halogens is 3. The van der Waals surface area contributed by atoms with Gasteiger partial charge in [-0.3, -0.25) is 14.4 Å². The third-order valence-electron chi connectivity index (χ3n) is 10.0. The Hall–Kier alpha value is -3.89. The summed E-state index contributed by atoms with van der Waals surface area (Å²) in [5.74, 6) is -1.23. The maximum absolute atomic E-state index is 13.9. The first kappa shape index (κ1) is 51.3. The first-order valence-electron chi connectivity index (χ1n) is 20.5. The van der Waals surface area contributed by atoms with Gasteiger partial charge in [0, 0.05) is 62.5 Å². The summed E-state index contributed by atoms with van der Waals surface area (Å²) in [6, 6.07) is 8.03. The Morgan fingerprint density at radius 2 is 1.24 bits per heavy atom. The molecule has 332 valence electrons. The molecule has 0 aromatic heterocycles. The van der Waals surface area contributed by atoms with E-state index in [4.69, 9.17) is 36.3 Å². The highest BCUT2D eigenvalue weighted by Crippen LogP contribution is 2.22. The average Bonchev–Trinajstić information content (AvgIpc) is 3.22. The fourth-order valence-electron chi connectivity index (χ4n) is 6.79. The molecule has 5 amide bonds. The van der Waals surface area contributed by atoms with Gasteiger partial charge in [-0.25, -0.2) is 13.6 Å². The van der Waals surface area contributed by atoms with Crippen molar-refractivity contribution in [2.75, 3.05) is 53.6 Å². The van der Waals surface area contributed by atoms with Crippen LogP contribution in [0.4, 0.5) is 13.6 Å². The molecule has 6 atom stereocenters. The van der Waals surface area contributed by atoms with Gasteiger partial charge in [-0.1, -0.05) is 63.6 Å². The van der Waals surface area contributed by atoms with Crippen LogP contribution in [0.5, 0.6) is 0 Å². The number of methoxy groups -OCH3 is 2. The zero-order chi connectivity index (χ0) is 44.1. The molecule has 16 heteroatoms. The molecule has 4 rings (SSSR count). The standard InChI is InChI=1S/C22H33FN2O4.C19H27ClFN3O4.C2H6/c1-15(2)21(26)24-20(16(3)29-14-18-9-5-6-10-19(18)23)22(27)25-11-7-8-17(12-25)13-28-4;1-12(28-11-14-5-6-15(20)8-16(14)21)17(23-19(22)26)18(25)24-7-3-4-13(9-24)10-27-2;1-2/h5-6,9-10,15-17,20H,7-8,11-14H2,1-4H3,(H,24,26);5-6,8,12-13,17H,3-4,7,9-11H2,1-2H3,(H3,22,23,26);1-2H3. The Morgan fingerprint density at radius 1 is 0.763 bits per heavy atom. The van der Waals surface area contributed by atoms with Gasteiger partial charge in [-0.05, 0) is 69.6 Å². The number of nitrogens with one attached hydrogen (secondary N) is 2. The van der Waals surface area contributed by atoms with Crippen LogP contribution < -0.4 is 16.4 Å². The number of primary amides is 1. The van der Waals surface area contributed by atoms with E-state index in [1.807, 2.05) is 13.8 Å². The molecular formula is C43H66ClF2N5O8. The molecule has 4 N–H and O–H groups in total. The third-order valence-corrected chi connectivity index (χ3v) is 10.3. The van der Waals surface area contributed by atoms with Crippen molar-refractivity contribution in [3.8, 4) is 0 Å². The molecule has 59 heavy (non-hydrogen) atoms. The predicted molar refractivity (Wildman–Crippen MR) is 223 cm³/mol. The molecular weight excluding hydrogens is 788 g/mol. The Bertz CT molecular complexity index is 1600. The van der Waals surface area contributed by atoms with Gasteiger partial charge in [0.1, 0.15) is 23.7 Å². The van der Waals surface area contributed by atoms with Crippen molar-refractivity contribution in [1.82, 2.24) is 20.4 Å². The van der Waals surface area contributed by atoms with E-state index < -0.39 is 36.1 Å². The van der Waals surface area contributed by atoms with Gasteiger partial charge < -0.3 is 45.1 Å². The van der Waals surface area contributed by atoms with Gasteiger partial charge in [0.05, 0.1) is 38.6 Å². The summed E-state index contributed by atoms with van der Waals surface area (Å²) < 4.78 is 49.7. The number of carbonyl (C=O) groups is 4. The molecule has 13 nitrogen and oxygen atoms in total. The quantitative estimate of drug-likeness (QED) is 0.172. The second-order valence-electron chi connectivity index (χ2n) is 15.0. The van der Waals surface area contributed by atoms with Crippen LogP contribution in [0.3, 0.4) is 0 Å². The lowest BCUT2D eigenvalue weighted by molar-refractivity contribution is -0.143. The van der Waals surface area contributed by atoms with Crippen molar-refractivity contribution >= 4 is 35.4 Å².